The van der Waals surface area contributed by atoms with Crippen LogP contribution in [0, 0.1) is 6.92 Å². The van der Waals surface area contributed by atoms with E-state index in [-0.39, 0.29) is 0 Å². The summed E-state index contributed by atoms with van der Waals surface area (Å²) in [6.45, 7) is 1.96. The second kappa shape index (κ2) is 4.62. The first-order valence-electron chi connectivity index (χ1n) is 5.50. The number of nitrogens with one attached hydrogen (secondary N) is 1. The van der Waals surface area contributed by atoms with Crippen molar-refractivity contribution in [2.75, 3.05) is 5.43 Å². The van der Waals surface area contributed by atoms with E-state index in [4.69, 9.17) is 4.42 Å². The summed E-state index contributed by atoms with van der Waals surface area (Å²) in [6.07, 6.45) is 3.45. The Hall–Kier alpha value is -2.14. The molecule has 2 heterocycles. The topological polar surface area (TPSA) is 50.4 Å². The molecular weight excluding hydrogens is 246 g/mol. The lowest BCUT2D eigenvalue weighted by atomic mass is 10.1. The van der Waals surface area contributed by atoms with Gasteiger partial charge in [-0.25, -0.2) is 4.98 Å². The highest BCUT2D eigenvalue weighted by atomic mass is 32.1. The summed E-state index contributed by atoms with van der Waals surface area (Å²) >= 11 is 1.54. The lowest BCUT2D eigenvalue weighted by Gasteiger charge is -1.95. The fourth-order valence-corrected chi connectivity index (χ4v) is 2.33. The molecule has 0 atom stereocenters. The lowest BCUT2D eigenvalue weighted by Crippen LogP contribution is -1.90. The van der Waals surface area contributed by atoms with Gasteiger partial charge in [-0.1, -0.05) is 12.1 Å². The summed E-state index contributed by atoms with van der Waals surface area (Å²) in [5.41, 5.74) is 5.79. The maximum absolute atomic E-state index is 5.33. The van der Waals surface area contributed by atoms with E-state index in [2.05, 4.69) is 15.5 Å². The molecule has 0 aliphatic heterocycles. The molecule has 0 saturated carbocycles. The number of furan rings is 1. The highest BCUT2D eigenvalue weighted by molar-refractivity contribution is 7.13. The van der Waals surface area contributed by atoms with Gasteiger partial charge in [-0.05, 0) is 19.1 Å². The fourth-order valence-electron chi connectivity index (χ4n) is 1.69. The van der Waals surface area contributed by atoms with E-state index in [0.717, 1.165) is 27.4 Å². The number of aromatic nitrogens is 1. The zero-order chi connectivity index (χ0) is 12.4. The Labute approximate surface area is 108 Å². The third kappa shape index (κ3) is 2.12. The number of nitrogens with zero attached hydrogens (tertiary/aromatic N) is 2. The molecule has 2 aromatic heterocycles. The second-order valence-corrected chi connectivity index (χ2v) is 4.70. The standard InChI is InChI=1S/C13H11N3OS/c1-9-8-18-13(15-9)16-14-7-10-3-2-4-12-11(10)5-6-17-12/h2-8H,1H3,(H,15,16). The van der Waals surface area contributed by atoms with E-state index >= 15 is 0 Å². The molecule has 0 fully saturated rings. The summed E-state index contributed by atoms with van der Waals surface area (Å²) in [7, 11) is 0. The van der Waals surface area contributed by atoms with Gasteiger partial charge >= 0.3 is 0 Å². The number of hydrogen-bond donors (Lipinski definition) is 1. The molecule has 0 radical (unpaired) electrons. The number of anilines is 1. The van der Waals surface area contributed by atoms with E-state index in [1.807, 2.05) is 36.6 Å². The van der Waals surface area contributed by atoms with Crippen LogP contribution in [0.15, 0.2) is 45.4 Å². The molecule has 0 saturated heterocycles. The first kappa shape index (κ1) is 11.0. The minimum absolute atomic E-state index is 0.795. The van der Waals surface area contributed by atoms with Gasteiger partial charge in [0.05, 0.1) is 18.2 Å². The van der Waals surface area contributed by atoms with E-state index < -0.39 is 0 Å². The van der Waals surface area contributed by atoms with Gasteiger partial charge < -0.3 is 4.42 Å². The molecule has 4 nitrogen and oxygen atoms in total. The van der Waals surface area contributed by atoms with Crippen molar-refractivity contribution in [3.05, 3.63) is 47.2 Å². The van der Waals surface area contributed by atoms with Crippen molar-refractivity contribution in [1.82, 2.24) is 4.98 Å². The Kier molecular flexibility index (Phi) is 2.82. The van der Waals surface area contributed by atoms with Crippen LogP contribution in [0.5, 0.6) is 0 Å². The van der Waals surface area contributed by atoms with Crippen LogP contribution in [0.3, 0.4) is 0 Å². The SMILES string of the molecule is Cc1csc(NN=Cc2cccc3occc23)n1. The van der Waals surface area contributed by atoms with Gasteiger partial charge in [-0.3, -0.25) is 5.43 Å². The van der Waals surface area contributed by atoms with Crippen LogP contribution in [0.2, 0.25) is 0 Å². The van der Waals surface area contributed by atoms with Crippen LogP contribution < -0.4 is 5.43 Å². The van der Waals surface area contributed by atoms with Crippen molar-refractivity contribution >= 4 is 33.7 Å². The smallest absolute Gasteiger partial charge is 0.203 e. The van der Waals surface area contributed by atoms with Crippen LogP contribution in [-0.2, 0) is 0 Å². The normalized spacial score (nSPS) is 11.4. The summed E-state index contributed by atoms with van der Waals surface area (Å²) in [5, 5.41) is 8.02. The van der Waals surface area contributed by atoms with Crippen molar-refractivity contribution in [3.8, 4) is 0 Å². The number of thiazole rings is 1. The Morgan fingerprint density at radius 2 is 2.33 bits per heavy atom. The fraction of sp³-hybridized carbons (Fsp3) is 0.0769. The molecule has 0 unspecified atom stereocenters. The molecule has 3 rings (SSSR count). The highest BCUT2D eigenvalue weighted by Crippen LogP contribution is 2.18. The van der Waals surface area contributed by atoms with Crippen LogP contribution in [0.1, 0.15) is 11.3 Å². The number of benzene rings is 1. The summed E-state index contributed by atoms with van der Waals surface area (Å²) in [4.78, 5) is 4.27. The first-order chi connectivity index (χ1) is 8.83. The van der Waals surface area contributed by atoms with Gasteiger partial charge in [0.25, 0.3) is 0 Å². The van der Waals surface area contributed by atoms with Crippen LogP contribution in [0.25, 0.3) is 11.0 Å². The molecule has 1 aromatic carbocycles. The third-order valence-corrected chi connectivity index (χ3v) is 3.38. The maximum atomic E-state index is 5.33. The predicted octanol–water partition coefficient (Wildman–Crippen LogP) is 3.64. The zero-order valence-electron chi connectivity index (χ0n) is 9.75. The Morgan fingerprint density at radius 3 is 3.17 bits per heavy atom. The largest absolute Gasteiger partial charge is 0.464 e. The molecule has 0 amide bonds. The van der Waals surface area contributed by atoms with Crippen molar-refractivity contribution in [3.63, 3.8) is 0 Å². The Morgan fingerprint density at radius 1 is 1.39 bits per heavy atom. The molecule has 0 aliphatic rings. The van der Waals surface area contributed by atoms with Gasteiger partial charge in [0.15, 0.2) is 0 Å². The van der Waals surface area contributed by atoms with Crippen LogP contribution >= 0.6 is 11.3 Å². The molecule has 0 bridgehead atoms. The molecule has 0 spiro atoms. The molecule has 18 heavy (non-hydrogen) atoms. The van der Waals surface area contributed by atoms with E-state index in [1.165, 1.54) is 11.3 Å². The minimum atomic E-state index is 0.795. The summed E-state index contributed by atoms with van der Waals surface area (Å²) in [6, 6.07) is 7.81. The van der Waals surface area contributed by atoms with Gasteiger partial charge in [0.2, 0.25) is 5.13 Å². The molecule has 5 heteroatoms. The number of hydrogen-bond acceptors (Lipinski definition) is 5. The molecule has 0 aliphatic carbocycles. The molecule has 90 valence electrons. The monoisotopic (exact) mass is 257 g/mol. The Balaban J connectivity index is 1.81. The van der Waals surface area contributed by atoms with E-state index in [9.17, 15) is 0 Å². The van der Waals surface area contributed by atoms with Gasteiger partial charge in [0, 0.05) is 16.3 Å². The number of hydrazone groups is 1. The van der Waals surface area contributed by atoms with Crippen molar-refractivity contribution in [1.29, 1.82) is 0 Å². The van der Waals surface area contributed by atoms with Crippen molar-refractivity contribution < 1.29 is 4.42 Å². The average molecular weight is 257 g/mol. The molecular formula is C13H11N3OS. The summed E-state index contributed by atoms with van der Waals surface area (Å²) in [5.74, 6) is 0. The predicted molar refractivity (Wildman–Crippen MR) is 74.3 cm³/mol. The number of rotatable bonds is 3. The van der Waals surface area contributed by atoms with Gasteiger partial charge in [-0.2, -0.15) is 5.10 Å². The van der Waals surface area contributed by atoms with Crippen molar-refractivity contribution in [2.24, 2.45) is 5.10 Å². The first-order valence-corrected chi connectivity index (χ1v) is 6.38. The van der Waals surface area contributed by atoms with Gasteiger partial charge in [-0.15, -0.1) is 11.3 Å². The minimum Gasteiger partial charge on any atom is -0.464 e. The number of aryl methyl sites for hydroxylation is 1. The number of fused-ring (bicyclic) bond motifs is 1. The zero-order valence-corrected chi connectivity index (χ0v) is 10.6. The lowest BCUT2D eigenvalue weighted by molar-refractivity contribution is 0.616. The molecule has 3 aromatic rings. The van der Waals surface area contributed by atoms with E-state index in [0.29, 0.717) is 0 Å². The van der Waals surface area contributed by atoms with Gasteiger partial charge in [0.1, 0.15) is 5.58 Å². The third-order valence-electron chi connectivity index (χ3n) is 2.51. The highest BCUT2D eigenvalue weighted by Gasteiger charge is 2.00. The summed E-state index contributed by atoms with van der Waals surface area (Å²) < 4.78 is 5.33. The van der Waals surface area contributed by atoms with Crippen molar-refractivity contribution in [2.45, 2.75) is 6.92 Å². The maximum Gasteiger partial charge on any atom is 0.203 e. The van der Waals surface area contributed by atoms with Crippen LogP contribution in [-0.4, -0.2) is 11.2 Å². The average Bonchev–Trinajstić information content (AvgIpc) is 2.98. The van der Waals surface area contributed by atoms with Crippen LogP contribution in [0.4, 0.5) is 5.13 Å². The molecule has 1 N–H and O–H groups in total. The van der Waals surface area contributed by atoms with E-state index in [1.54, 1.807) is 12.5 Å². The Bertz CT molecular complexity index is 699. The second-order valence-electron chi connectivity index (χ2n) is 3.84. The quantitative estimate of drug-likeness (QED) is 0.575.